The summed E-state index contributed by atoms with van der Waals surface area (Å²) in [6.45, 7) is 0.572. The average molecular weight is 230 g/mol. The summed E-state index contributed by atoms with van der Waals surface area (Å²) in [5, 5.41) is 11.8. The number of hydrogen-bond donors (Lipinski definition) is 2. The SMILES string of the molecule is O=c1ccccn1-c1cccc(NCCO)c1. The van der Waals surface area contributed by atoms with Gasteiger partial charge in [0.15, 0.2) is 0 Å². The van der Waals surface area contributed by atoms with Gasteiger partial charge in [-0.05, 0) is 24.3 Å². The molecule has 2 aromatic rings. The van der Waals surface area contributed by atoms with Crippen LogP contribution in [0.25, 0.3) is 5.69 Å². The van der Waals surface area contributed by atoms with Gasteiger partial charge in [0.25, 0.3) is 5.56 Å². The Labute approximate surface area is 99.2 Å². The van der Waals surface area contributed by atoms with Gasteiger partial charge in [-0.2, -0.15) is 0 Å². The number of aliphatic hydroxyl groups is 1. The summed E-state index contributed by atoms with van der Waals surface area (Å²) < 4.78 is 1.57. The number of hydrogen-bond acceptors (Lipinski definition) is 3. The Kier molecular flexibility index (Phi) is 3.57. The minimum Gasteiger partial charge on any atom is -0.395 e. The number of nitrogens with zero attached hydrogens (tertiary/aromatic N) is 1. The van der Waals surface area contributed by atoms with E-state index >= 15 is 0 Å². The fraction of sp³-hybridized carbons (Fsp3) is 0.154. The Bertz CT molecular complexity index is 549. The number of nitrogens with one attached hydrogen (secondary N) is 1. The second-order valence-electron chi connectivity index (χ2n) is 3.61. The van der Waals surface area contributed by atoms with Gasteiger partial charge >= 0.3 is 0 Å². The van der Waals surface area contributed by atoms with Crippen molar-refractivity contribution < 1.29 is 5.11 Å². The molecule has 0 radical (unpaired) electrons. The third kappa shape index (κ3) is 2.73. The summed E-state index contributed by atoms with van der Waals surface area (Å²) in [6.07, 6.45) is 1.73. The van der Waals surface area contributed by atoms with Gasteiger partial charge in [0.2, 0.25) is 0 Å². The highest BCUT2D eigenvalue weighted by molar-refractivity contribution is 5.51. The molecule has 2 rings (SSSR count). The Hall–Kier alpha value is -2.07. The summed E-state index contributed by atoms with van der Waals surface area (Å²) in [5.41, 5.74) is 1.62. The van der Waals surface area contributed by atoms with Crippen molar-refractivity contribution in [2.75, 3.05) is 18.5 Å². The second-order valence-corrected chi connectivity index (χ2v) is 3.61. The number of benzene rings is 1. The zero-order valence-corrected chi connectivity index (χ0v) is 9.34. The summed E-state index contributed by atoms with van der Waals surface area (Å²) in [7, 11) is 0. The molecule has 0 saturated carbocycles. The van der Waals surface area contributed by atoms with Gasteiger partial charge in [-0.25, -0.2) is 0 Å². The van der Waals surface area contributed by atoms with E-state index in [4.69, 9.17) is 5.11 Å². The zero-order chi connectivity index (χ0) is 12.1. The van der Waals surface area contributed by atoms with Crippen LogP contribution in [0.2, 0.25) is 0 Å². The van der Waals surface area contributed by atoms with Gasteiger partial charge < -0.3 is 10.4 Å². The number of pyridine rings is 1. The maximum Gasteiger partial charge on any atom is 0.255 e. The third-order valence-electron chi connectivity index (χ3n) is 2.39. The predicted octanol–water partition coefficient (Wildman–Crippen LogP) is 1.24. The molecule has 0 aliphatic carbocycles. The maximum atomic E-state index is 11.6. The van der Waals surface area contributed by atoms with E-state index in [0.717, 1.165) is 11.4 Å². The Morgan fingerprint density at radius 1 is 1.18 bits per heavy atom. The molecule has 0 aliphatic rings. The van der Waals surface area contributed by atoms with E-state index in [2.05, 4.69) is 5.32 Å². The number of aromatic nitrogens is 1. The first kappa shape index (κ1) is 11.4. The van der Waals surface area contributed by atoms with Crippen molar-refractivity contribution in [2.45, 2.75) is 0 Å². The van der Waals surface area contributed by atoms with E-state index in [0.29, 0.717) is 6.54 Å². The summed E-state index contributed by atoms with van der Waals surface area (Å²) in [4.78, 5) is 11.6. The van der Waals surface area contributed by atoms with Crippen molar-refractivity contribution in [2.24, 2.45) is 0 Å². The Morgan fingerprint density at radius 3 is 2.82 bits per heavy atom. The minimum absolute atomic E-state index is 0.0631. The van der Waals surface area contributed by atoms with E-state index in [1.807, 2.05) is 30.3 Å². The molecule has 4 nitrogen and oxygen atoms in total. The number of anilines is 1. The first-order valence-electron chi connectivity index (χ1n) is 5.44. The lowest BCUT2D eigenvalue weighted by molar-refractivity contribution is 0.311. The molecule has 1 aromatic heterocycles. The molecule has 17 heavy (non-hydrogen) atoms. The minimum atomic E-state index is -0.0631. The average Bonchev–Trinajstić information content (AvgIpc) is 2.37. The van der Waals surface area contributed by atoms with Crippen LogP contribution >= 0.6 is 0 Å². The monoisotopic (exact) mass is 230 g/mol. The van der Waals surface area contributed by atoms with Crippen LogP contribution in [0.4, 0.5) is 5.69 Å². The second kappa shape index (κ2) is 5.32. The molecule has 1 heterocycles. The van der Waals surface area contributed by atoms with Crippen LogP contribution in [0.15, 0.2) is 53.5 Å². The van der Waals surface area contributed by atoms with Gasteiger partial charge in [-0.3, -0.25) is 9.36 Å². The van der Waals surface area contributed by atoms with Crippen LogP contribution in [-0.4, -0.2) is 22.8 Å². The van der Waals surface area contributed by atoms with Crippen LogP contribution < -0.4 is 10.9 Å². The van der Waals surface area contributed by atoms with E-state index in [-0.39, 0.29) is 12.2 Å². The fourth-order valence-electron chi connectivity index (χ4n) is 1.61. The first-order chi connectivity index (χ1) is 8.31. The predicted molar refractivity (Wildman–Crippen MR) is 67.6 cm³/mol. The van der Waals surface area contributed by atoms with Crippen LogP contribution in [0.1, 0.15) is 0 Å². The molecular formula is C13H14N2O2. The molecule has 0 atom stereocenters. The zero-order valence-electron chi connectivity index (χ0n) is 9.34. The van der Waals surface area contributed by atoms with Crippen molar-refractivity contribution in [3.63, 3.8) is 0 Å². The van der Waals surface area contributed by atoms with Crippen molar-refractivity contribution in [1.82, 2.24) is 4.57 Å². The van der Waals surface area contributed by atoms with Crippen LogP contribution in [0.5, 0.6) is 0 Å². The molecule has 0 aliphatic heterocycles. The molecular weight excluding hydrogens is 216 g/mol. The smallest absolute Gasteiger partial charge is 0.255 e. The van der Waals surface area contributed by atoms with Crippen LogP contribution in [-0.2, 0) is 0 Å². The maximum absolute atomic E-state index is 11.6. The van der Waals surface area contributed by atoms with Gasteiger partial charge in [0.1, 0.15) is 0 Å². The molecule has 1 aromatic carbocycles. The molecule has 0 spiro atoms. The van der Waals surface area contributed by atoms with Crippen molar-refractivity contribution >= 4 is 5.69 Å². The van der Waals surface area contributed by atoms with Crippen LogP contribution in [0.3, 0.4) is 0 Å². The highest BCUT2D eigenvalue weighted by Gasteiger charge is 1.99. The lowest BCUT2D eigenvalue weighted by Gasteiger charge is -2.08. The highest BCUT2D eigenvalue weighted by atomic mass is 16.3. The molecule has 0 unspecified atom stereocenters. The molecule has 4 heteroatoms. The molecule has 88 valence electrons. The summed E-state index contributed by atoms with van der Waals surface area (Å²) in [5.74, 6) is 0. The van der Waals surface area contributed by atoms with Crippen LogP contribution in [0, 0.1) is 0 Å². The lowest BCUT2D eigenvalue weighted by Crippen LogP contribution is -2.15. The Balaban J connectivity index is 2.33. The normalized spacial score (nSPS) is 10.2. The van der Waals surface area contributed by atoms with E-state index in [9.17, 15) is 4.79 Å². The quantitative estimate of drug-likeness (QED) is 0.831. The fourth-order valence-corrected chi connectivity index (χ4v) is 1.61. The van der Waals surface area contributed by atoms with Gasteiger partial charge in [0, 0.05) is 24.5 Å². The molecule has 0 bridgehead atoms. The Morgan fingerprint density at radius 2 is 2.06 bits per heavy atom. The first-order valence-corrected chi connectivity index (χ1v) is 5.44. The molecule has 0 amide bonds. The van der Waals surface area contributed by atoms with Crippen molar-refractivity contribution in [3.8, 4) is 5.69 Å². The van der Waals surface area contributed by atoms with Gasteiger partial charge in [-0.1, -0.05) is 12.1 Å². The number of rotatable bonds is 4. The van der Waals surface area contributed by atoms with E-state index in [1.54, 1.807) is 16.8 Å². The lowest BCUT2D eigenvalue weighted by atomic mass is 10.2. The van der Waals surface area contributed by atoms with E-state index in [1.165, 1.54) is 6.07 Å². The van der Waals surface area contributed by atoms with E-state index < -0.39 is 0 Å². The van der Waals surface area contributed by atoms with Gasteiger partial charge in [-0.15, -0.1) is 0 Å². The topological polar surface area (TPSA) is 54.3 Å². The van der Waals surface area contributed by atoms with Gasteiger partial charge in [0.05, 0.1) is 12.3 Å². The molecule has 2 N–H and O–H groups in total. The third-order valence-corrected chi connectivity index (χ3v) is 2.39. The summed E-state index contributed by atoms with van der Waals surface area (Å²) >= 11 is 0. The molecule has 0 saturated heterocycles. The van der Waals surface area contributed by atoms with Crippen molar-refractivity contribution in [1.29, 1.82) is 0 Å². The number of aliphatic hydroxyl groups excluding tert-OH is 1. The summed E-state index contributed by atoms with van der Waals surface area (Å²) in [6, 6.07) is 12.6. The molecule has 0 fully saturated rings. The standard InChI is InChI=1S/C13H14N2O2/c16-9-7-14-11-4-3-5-12(10-11)15-8-2-1-6-13(15)17/h1-6,8,10,14,16H,7,9H2. The largest absolute Gasteiger partial charge is 0.395 e. The highest BCUT2D eigenvalue weighted by Crippen LogP contribution is 2.12. The van der Waals surface area contributed by atoms with Crippen molar-refractivity contribution in [3.05, 3.63) is 59.0 Å².